The molecule has 78 valence electrons. The molecule has 1 N–H and O–H groups in total. The zero-order valence-electron chi connectivity index (χ0n) is 9.33. The Hall–Kier alpha value is -0.830. The third kappa shape index (κ3) is 1.27. The highest BCUT2D eigenvalue weighted by Crippen LogP contribution is 2.47. The fourth-order valence-corrected chi connectivity index (χ4v) is 2.21. The van der Waals surface area contributed by atoms with E-state index in [1.165, 1.54) is 0 Å². The molecule has 3 heteroatoms. The lowest BCUT2D eigenvalue weighted by atomic mass is 10.1. The number of rotatable bonds is 2. The smallest absolute Gasteiger partial charge is 0.0934 e. The first kappa shape index (κ1) is 9.71. The molecular formula is C11H18N2O. The van der Waals surface area contributed by atoms with Crippen molar-refractivity contribution < 1.29 is 5.11 Å². The van der Waals surface area contributed by atoms with E-state index >= 15 is 0 Å². The van der Waals surface area contributed by atoms with Crippen LogP contribution in [0.25, 0.3) is 0 Å². The molecule has 0 amide bonds. The zero-order chi connectivity index (χ0) is 10.5. The first-order valence-corrected chi connectivity index (χ1v) is 5.24. The molecule has 14 heavy (non-hydrogen) atoms. The van der Waals surface area contributed by atoms with Gasteiger partial charge < -0.3 is 5.11 Å². The number of nitrogens with zero attached hydrogens (tertiary/aromatic N) is 2. The van der Waals surface area contributed by atoms with Crippen LogP contribution in [0.3, 0.4) is 0 Å². The molecule has 0 spiro atoms. The summed E-state index contributed by atoms with van der Waals surface area (Å²) in [5.74, 6) is 0. The fourth-order valence-electron chi connectivity index (χ4n) is 2.21. The Labute approximate surface area is 84.7 Å². The van der Waals surface area contributed by atoms with Gasteiger partial charge in [-0.1, -0.05) is 0 Å². The standard InChI is InChI=1S/C11H18N2O/c1-7(2)13-9(4)10(8(3)12-13)11(14)5-6-11/h7,14H,5-6H2,1-4H3. The highest BCUT2D eigenvalue weighted by atomic mass is 16.3. The number of hydrogen-bond acceptors (Lipinski definition) is 2. The number of hydrogen-bond donors (Lipinski definition) is 1. The maximum absolute atomic E-state index is 10.1. The van der Waals surface area contributed by atoms with E-state index in [1.807, 2.05) is 18.5 Å². The van der Waals surface area contributed by atoms with Crippen molar-refractivity contribution in [2.24, 2.45) is 0 Å². The van der Waals surface area contributed by atoms with E-state index in [0.717, 1.165) is 29.8 Å². The fraction of sp³-hybridized carbons (Fsp3) is 0.727. The average Bonchev–Trinajstić information content (AvgIpc) is 2.71. The van der Waals surface area contributed by atoms with Gasteiger partial charge in [-0.2, -0.15) is 5.10 Å². The summed E-state index contributed by atoms with van der Waals surface area (Å²) in [6, 6.07) is 0.366. The molecule has 1 saturated carbocycles. The van der Waals surface area contributed by atoms with E-state index in [9.17, 15) is 5.11 Å². The summed E-state index contributed by atoms with van der Waals surface area (Å²) in [4.78, 5) is 0. The lowest BCUT2D eigenvalue weighted by Gasteiger charge is -2.11. The third-order valence-corrected chi connectivity index (χ3v) is 3.00. The van der Waals surface area contributed by atoms with Crippen molar-refractivity contribution in [1.82, 2.24) is 9.78 Å². The second-order valence-electron chi connectivity index (χ2n) is 4.62. The molecule has 1 heterocycles. The quantitative estimate of drug-likeness (QED) is 0.782. The Balaban J connectivity index is 2.50. The maximum atomic E-state index is 10.1. The van der Waals surface area contributed by atoms with Crippen molar-refractivity contribution in [2.45, 2.75) is 52.2 Å². The van der Waals surface area contributed by atoms with Crippen molar-refractivity contribution in [2.75, 3.05) is 0 Å². The summed E-state index contributed by atoms with van der Waals surface area (Å²) in [5, 5.41) is 14.6. The van der Waals surface area contributed by atoms with Gasteiger partial charge in [-0.25, -0.2) is 0 Å². The van der Waals surface area contributed by atoms with Crippen LogP contribution in [0, 0.1) is 13.8 Å². The van der Waals surface area contributed by atoms with Crippen LogP contribution < -0.4 is 0 Å². The van der Waals surface area contributed by atoms with Crippen LogP contribution in [0.15, 0.2) is 0 Å². The van der Waals surface area contributed by atoms with Crippen LogP contribution in [-0.4, -0.2) is 14.9 Å². The van der Waals surface area contributed by atoms with Crippen LogP contribution in [0.4, 0.5) is 0 Å². The van der Waals surface area contributed by atoms with Gasteiger partial charge in [0.25, 0.3) is 0 Å². The highest BCUT2D eigenvalue weighted by Gasteiger charge is 2.45. The van der Waals surface area contributed by atoms with Gasteiger partial charge in [-0.3, -0.25) is 4.68 Å². The van der Waals surface area contributed by atoms with E-state index < -0.39 is 5.60 Å². The van der Waals surface area contributed by atoms with Crippen LogP contribution in [0.2, 0.25) is 0 Å². The third-order valence-electron chi connectivity index (χ3n) is 3.00. The molecule has 0 saturated heterocycles. The largest absolute Gasteiger partial charge is 0.385 e. The Morgan fingerprint density at radius 1 is 1.36 bits per heavy atom. The van der Waals surface area contributed by atoms with E-state index in [-0.39, 0.29) is 0 Å². The molecule has 0 aromatic carbocycles. The average molecular weight is 194 g/mol. The zero-order valence-corrected chi connectivity index (χ0v) is 9.33. The van der Waals surface area contributed by atoms with E-state index in [0.29, 0.717) is 6.04 Å². The van der Waals surface area contributed by atoms with Crippen LogP contribution in [-0.2, 0) is 5.60 Å². The van der Waals surface area contributed by atoms with Crippen molar-refractivity contribution in [3.05, 3.63) is 17.0 Å². The summed E-state index contributed by atoms with van der Waals surface area (Å²) < 4.78 is 2.00. The normalized spacial score (nSPS) is 19.0. The molecule has 1 aliphatic rings. The van der Waals surface area contributed by atoms with Crippen molar-refractivity contribution >= 4 is 0 Å². The van der Waals surface area contributed by atoms with Crippen molar-refractivity contribution in [3.63, 3.8) is 0 Å². The first-order chi connectivity index (χ1) is 6.46. The molecule has 0 radical (unpaired) electrons. The van der Waals surface area contributed by atoms with Gasteiger partial charge >= 0.3 is 0 Å². The van der Waals surface area contributed by atoms with Gasteiger partial charge in [0, 0.05) is 17.3 Å². The predicted molar refractivity (Wildman–Crippen MR) is 55.2 cm³/mol. The van der Waals surface area contributed by atoms with Gasteiger partial charge in [0.15, 0.2) is 0 Å². The second-order valence-corrected chi connectivity index (χ2v) is 4.62. The molecule has 0 atom stereocenters. The molecule has 1 fully saturated rings. The van der Waals surface area contributed by atoms with E-state index in [2.05, 4.69) is 18.9 Å². The summed E-state index contributed by atoms with van der Waals surface area (Å²) >= 11 is 0. The van der Waals surface area contributed by atoms with Gasteiger partial charge in [0.1, 0.15) is 0 Å². The van der Waals surface area contributed by atoms with Crippen LogP contribution >= 0.6 is 0 Å². The van der Waals surface area contributed by atoms with E-state index in [4.69, 9.17) is 0 Å². The minimum absolute atomic E-state index is 0.366. The minimum Gasteiger partial charge on any atom is -0.385 e. The molecule has 0 bridgehead atoms. The maximum Gasteiger partial charge on any atom is 0.0934 e. The number of aromatic nitrogens is 2. The van der Waals surface area contributed by atoms with Crippen molar-refractivity contribution in [3.8, 4) is 0 Å². The molecule has 0 unspecified atom stereocenters. The Morgan fingerprint density at radius 2 is 1.93 bits per heavy atom. The Morgan fingerprint density at radius 3 is 2.29 bits per heavy atom. The number of aryl methyl sites for hydroxylation is 1. The molecule has 1 aromatic heterocycles. The number of aliphatic hydroxyl groups is 1. The summed E-state index contributed by atoms with van der Waals surface area (Å²) in [6.07, 6.45) is 1.77. The molecule has 2 rings (SSSR count). The lowest BCUT2D eigenvalue weighted by Crippen LogP contribution is -2.09. The SMILES string of the molecule is Cc1nn(C(C)C)c(C)c1C1(O)CC1. The molecule has 1 aliphatic carbocycles. The monoisotopic (exact) mass is 194 g/mol. The van der Waals surface area contributed by atoms with Crippen molar-refractivity contribution in [1.29, 1.82) is 0 Å². The van der Waals surface area contributed by atoms with Gasteiger partial charge in [0.2, 0.25) is 0 Å². The molecule has 1 aromatic rings. The highest BCUT2D eigenvalue weighted by molar-refractivity contribution is 5.35. The van der Waals surface area contributed by atoms with Gasteiger partial charge in [0.05, 0.1) is 11.3 Å². The second kappa shape index (κ2) is 2.83. The topological polar surface area (TPSA) is 38.0 Å². The predicted octanol–water partition coefficient (Wildman–Crippen LogP) is 2.06. The van der Waals surface area contributed by atoms with Gasteiger partial charge in [-0.15, -0.1) is 0 Å². The Kier molecular flexibility index (Phi) is 1.96. The Bertz CT molecular complexity index is 362. The molecular weight excluding hydrogens is 176 g/mol. The lowest BCUT2D eigenvalue weighted by molar-refractivity contribution is 0.150. The summed E-state index contributed by atoms with van der Waals surface area (Å²) in [5.41, 5.74) is 2.61. The summed E-state index contributed by atoms with van der Waals surface area (Å²) in [7, 11) is 0. The van der Waals surface area contributed by atoms with E-state index in [1.54, 1.807) is 0 Å². The van der Waals surface area contributed by atoms with Crippen LogP contribution in [0.5, 0.6) is 0 Å². The van der Waals surface area contributed by atoms with Gasteiger partial charge in [-0.05, 0) is 40.5 Å². The summed E-state index contributed by atoms with van der Waals surface area (Å²) in [6.45, 7) is 8.25. The molecule has 3 nitrogen and oxygen atoms in total. The van der Waals surface area contributed by atoms with Crippen LogP contribution in [0.1, 0.15) is 49.7 Å². The minimum atomic E-state index is -0.554. The first-order valence-electron chi connectivity index (χ1n) is 5.24. The molecule has 0 aliphatic heterocycles.